The van der Waals surface area contributed by atoms with E-state index in [4.69, 9.17) is 20.8 Å². The van der Waals surface area contributed by atoms with Crippen LogP contribution in [0.2, 0.25) is 5.02 Å². The molecule has 0 radical (unpaired) electrons. The van der Waals surface area contributed by atoms with Crippen molar-refractivity contribution in [2.24, 2.45) is 0 Å². The van der Waals surface area contributed by atoms with E-state index in [1.54, 1.807) is 6.26 Å². The fourth-order valence-electron chi connectivity index (χ4n) is 2.03. The van der Waals surface area contributed by atoms with Gasteiger partial charge in [-0.3, -0.25) is 0 Å². The molecule has 0 bridgehead atoms. The van der Waals surface area contributed by atoms with Gasteiger partial charge in [0.1, 0.15) is 17.9 Å². The number of benzene rings is 2. The van der Waals surface area contributed by atoms with E-state index in [1.165, 1.54) is 5.56 Å². The van der Waals surface area contributed by atoms with E-state index in [2.05, 4.69) is 0 Å². The summed E-state index contributed by atoms with van der Waals surface area (Å²) in [5, 5.41) is 1.70. The predicted octanol–water partition coefficient (Wildman–Crippen LogP) is 4.97. The maximum atomic E-state index is 6.00. The van der Waals surface area contributed by atoms with Crippen molar-refractivity contribution in [1.29, 1.82) is 0 Å². The van der Waals surface area contributed by atoms with Crippen LogP contribution in [0.25, 0.3) is 11.0 Å². The van der Waals surface area contributed by atoms with Gasteiger partial charge in [0.2, 0.25) is 0 Å². The monoisotopic (exact) mass is 272 g/mol. The van der Waals surface area contributed by atoms with Crippen molar-refractivity contribution < 1.29 is 9.15 Å². The Morgan fingerprint density at radius 3 is 2.89 bits per heavy atom. The molecule has 2 aromatic carbocycles. The predicted molar refractivity (Wildman–Crippen MR) is 76.7 cm³/mol. The third kappa shape index (κ3) is 2.59. The largest absolute Gasteiger partial charge is 0.489 e. The molecule has 0 saturated carbocycles. The fourth-order valence-corrected chi connectivity index (χ4v) is 2.20. The molecule has 2 nitrogen and oxygen atoms in total. The molecule has 3 heteroatoms. The standard InChI is InChI=1S/C16H13ClO2/c1-11-3-2-4-14(7-11)18-9-12-10-19-16-6-5-13(17)8-15(12)16/h2-8,10H,9H2,1H3. The highest BCUT2D eigenvalue weighted by Gasteiger charge is 2.07. The van der Waals surface area contributed by atoms with Crippen LogP contribution in [-0.2, 0) is 6.61 Å². The zero-order valence-electron chi connectivity index (χ0n) is 10.5. The summed E-state index contributed by atoms with van der Waals surface area (Å²) >= 11 is 6.00. The second-order valence-corrected chi connectivity index (χ2v) is 4.94. The molecule has 0 amide bonds. The smallest absolute Gasteiger partial charge is 0.134 e. The van der Waals surface area contributed by atoms with Crippen molar-refractivity contribution in [2.45, 2.75) is 13.5 Å². The van der Waals surface area contributed by atoms with Crippen LogP contribution in [0, 0.1) is 6.92 Å². The molecule has 0 spiro atoms. The maximum absolute atomic E-state index is 6.00. The van der Waals surface area contributed by atoms with Crippen LogP contribution in [0.1, 0.15) is 11.1 Å². The number of hydrogen-bond acceptors (Lipinski definition) is 2. The molecule has 0 unspecified atom stereocenters. The summed E-state index contributed by atoms with van der Waals surface area (Å²) < 4.78 is 11.3. The maximum Gasteiger partial charge on any atom is 0.134 e. The number of fused-ring (bicyclic) bond motifs is 1. The average Bonchev–Trinajstić information content (AvgIpc) is 2.79. The van der Waals surface area contributed by atoms with Gasteiger partial charge in [0.05, 0.1) is 6.26 Å². The zero-order chi connectivity index (χ0) is 13.2. The second-order valence-electron chi connectivity index (χ2n) is 4.51. The number of furan rings is 1. The molecule has 0 fully saturated rings. The summed E-state index contributed by atoms with van der Waals surface area (Å²) in [4.78, 5) is 0. The molecule has 0 aliphatic carbocycles. The van der Waals surface area contributed by atoms with E-state index in [0.717, 1.165) is 22.3 Å². The molecule has 0 aliphatic heterocycles. The van der Waals surface area contributed by atoms with E-state index in [9.17, 15) is 0 Å². The first-order chi connectivity index (χ1) is 9.22. The van der Waals surface area contributed by atoms with Crippen LogP contribution < -0.4 is 4.74 Å². The Labute approximate surface area is 116 Å². The van der Waals surface area contributed by atoms with Gasteiger partial charge >= 0.3 is 0 Å². The van der Waals surface area contributed by atoms with Gasteiger partial charge in [0.15, 0.2) is 0 Å². The summed E-state index contributed by atoms with van der Waals surface area (Å²) in [6.07, 6.45) is 1.72. The lowest BCUT2D eigenvalue weighted by molar-refractivity contribution is 0.306. The highest BCUT2D eigenvalue weighted by atomic mass is 35.5. The molecule has 0 aliphatic rings. The summed E-state index contributed by atoms with van der Waals surface area (Å²) in [6.45, 7) is 2.51. The van der Waals surface area contributed by atoms with Crippen LogP contribution >= 0.6 is 11.6 Å². The Balaban J connectivity index is 1.84. The molecule has 1 heterocycles. The quantitative estimate of drug-likeness (QED) is 0.671. The Kier molecular flexibility index (Phi) is 3.18. The average molecular weight is 273 g/mol. The number of halogens is 1. The van der Waals surface area contributed by atoms with Crippen LogP contribution in [0.5, 0.6) is 5.75 Å². The fraction of sp³-hybridized carbons (Fsp3) is 0.125. The second kappa shape index (κ2) is 4.98. The molecule has 0 N–H and O–H groups in total. The Morgan fingerprint density at radius 1 is 1.16 bits per heavy atom. The molecule has 96 valence electrons. The van der Waals surface area contributed by atoms with E-state index < -0.39 is 0 Å². The topological polar surface area (TPSA) is 22.4 Å². The van der Waals surface area contributed by atoms with Gasteiger partial charge in [-0.2, -0.15) is 0 Å². The molecule has 0 saturated heterocycles. The van der Waals surface area contributed by atoms with Crippen LogP contribution in [0.15, 0.2) is 53.1 Å². The van der Waals surface area contributed by atoms with Crippen LogP contribution in [-0.4, -0.2) is 0 Å². The Bertz CT molecular complexity index is 716. The SMILES string of the molecule is Cc1cccc(OCc2coc3ccc(Cl)cc23)c1. The van der Waals surface area contributed by atoms with Crippen LogP contribution in [0.4, 0.5) is 0 Å². The van der Waals surface area contributed by atoms with Gasteiger partial charge in [-0.05, 0) is 42.8 Å². The summed E-state index contributed by atoms with van der Waals surface area (Å²) in [5.41, 5.74) is 3.00. The highest BCUT2D eigenvalue weighted by Crippen LogP contribution is 2.26. The van der Waals surface area contributed by atoms with Crippen molar-refractivity contribution in [2.75, 3.05) is 0 Å². The zero-order valence-corrected chi connectivity index (χ0v) is 11.3. The van der Waals surface area contributed by atoms with Gasteiger partial charge in [0, 0.05) is 16.0 Å². The van der Waals surface area contributed by atoms with Gasteiger partial charge in [-0.15, -0.1) is 0 Å². The Morgan fingerprint density at radius 2 is 2.05 bits per heavy atom. The summed E-state index contributed by atoms with van der Waals surface area (Å²) in [5.74, 6) is 0.858. The normalized spacial score (nSPS) is 10.8. The first-order valence-corrected chi connectivity index (χ1v) is 6.45. The lowest BCUT2D eigenvalue weighted by atomic mass is 10.2. The van der Waals surface area contributed by atoms with Crippen molar-refractivity contribution in [3.63, 3.8) is 0 Å². The minimum atomic E-state index is 0.469. The van der Waals surface area contributed by atoms with Gasteiger partial charge < -0.3 is 9.15 Å². The molecule has 0 atom stereocenters. The van der Waals surface area contributed by atoms with Crippen molar-refractivity contribution in [3.05, 3.63) is 64.9 Å². The minimum absolute atomic E-state index is 0.469. The highest BCUT2D eigenvalue weighted by molar-refractivity contribution is 6.31. The van der Waals surface area contributed by atoms with Gasteiger partial charge in [0.25, 0.3) is 0 Å². The summed E-state index contributed by atoms with van der Waals surface area (Å²) in [7, 11) is 0. The van der Waals surface area contributed by atoms with E-state index in [1.807, 2.05) is 49.4 Å². The molecule has 1 aromatic heterocycles. The van der Waals surface area contributed by atoms with Gasteiger partial charge in [-0.25, -0.2) is 0 Å². The number of ether oxygens (including phenoxy) is 1. The molecular weight excluding hydrogens is 260 g/mol. The third-order valence-corrected chi connectivity index (χ3v) is 3.23. The van der Waals surface area contributed by atoms with Crippen molar-refractivity contribution in [3.8, 4) is 5.75 Å². The van der Waals surface area contributed by atoms with Crippen molar-refractivity contribution in [1.82, 2.24) is 0 Å². The van der Waals surface area contributed by atoms with E-state index in [-0.39, 0.29) is 0 Å². The number of aryl methyl sites for hydroxylation is 1. The molecule has 19 heavy (non-hydrogen) atoms. The van der Waals surface area contributed by atoms with E-state index in [0.29, 0.717) is 11.6 Å². The summed E-state index contributed by atoms with van der Waals surface area (Å²) in [6, 6.07) is 13.6. The first-order valence-electron chi connectivity index (χ1n) is 6.07. The minimum Gasteiger partial charge on any atom is -0.489 e. The Hall–Kier alpha value is -1.93. The lowest BCUT2D eigenvalue weighted by Gasteiger charge is -2.05. The third-order valence-electron chi connectivity index (χ3n) is 3.00. The molecule has 3 rings (SSSR count). The van der Waals surface area contributed by atoms with Crippen molar-refractivity contribution >= 4 is 22.6 Å². The lowest BCUT2D eigenvalue weighted by Crippen LogP contribution is -1.94. The molecule has 3 aromatic rings. The molecular formula is C16H13ClO2. The van der Waals surface area contributed by atoms with E-state index >= 15 is 0 Å². The van der Waals surface area contributed by atoms with Crippen LogP contribution in [0.3, 0.4) is 0 Å². The number of rotatable bonds is 3. The number of hydrogen-bond donors (Lipinski definition) is 0. The first kappa shape index (κ1) is 12.1. The van der Waals surface area contributed by atoms with Gasteiger partial charge in [-0.1, -0.05) is 23.7 Å².